The van der Waals surface area contributed by atoms with Crippen molar-refractivity contribution in [2.45, 2.75) is 18.6 Å². The first kappa shape index (κ1) is 14.3. The summed E-state index contributed by atoms with van der Waals surface area (Å²) >= 11 is 0. The molecule has 2 fully saturated rings. The first-order chi connectivity index (χ1) is 11.2. The fourth-order valence-electron chi connectivity index (χ4n) is 3.45. The third kappa shape index (κ3) is 2.42. The highest BCUT2D eigenvalue weighted by Crippen LogP contribution is 2.39. The zero-order valence-electron chi connectivity index (χ0n) is 12.6. The average molecular weight is 315 g/mol. The van der Waals surface area contributed by atoms with Gasteiger partial charge in [0, 0.05) is 32.1 Å². The van der Waals surface area contributed by atoms with Crippen LogP contribution >= 0.6 is 0 Å². The molecule has 1 aromatic heterocycles. The second kappa shape index (κ2) is 5.43. The molecule has 3 heterocycles. The summed E-state index contributed by atoms with van der Waals surface area (Å²) in [6.07, 6.45) is 3.08. The van der Waals surface area contributed by atoms with Crippen LogP contribution in [0.25, 0.3) is 10.9 Å². The van der Waals surface area contributed by atoms with Crippen LogP contribution in [0.15, 0.2) is 30.5 Å². The number of aromatic nitrogens is 1. The Morgan fingerprint density at radius 3 is 2.61 bits per heavy atom. The number of benzene rings is 1. The maximum atomic E-state index is 11.6. The Labute approximate surface area is 133 Å². The Morgan fingerprint density at radius 1 is 1.17 bits per heavy atom. The molecule has 0 N–H and O–H groups in total. The minimum Gasteiger partial charge on any atom is -0.366 e. The van der Waals surface area contributed by atoms with E-state index in [9.17, 15) is 10.1 Å². The Kier molecular flexibility index (Phi) is 3.39. The molecule has 1 aromatic carbocycles. The number of nitrogens with zero attached hydrogens (tertiary/aromatic N) is 3. The fourth-order valence-corrected chi connectivity index (χ4v) is 3.45. The van der Waals surface area contributed by atoms with Crippen molar-refractivity contribution < 1.29 is 14.4 Å². The van der Waals surface area contributed by atoms with E-state index in [-0.39, 0.29) is 10.6 Å². The number of nitro benzene ring substituents is 1. The largest absolute Gasteiger partial charge is 0.366 e. The number of pyridine rings is 1. The molecule has 0 bridgehead atoms. The van der Waals surface area contributed by atoms with E-state index in [0.29, 0.717) is 42.9 Å². The van der Waals surface area contributed by atoms with Gasteiger partial charge in [-0.25, -0.2) is 0 Å². The van der Waals surface area contributed by atoms with Gasteiger partial charge in [-0.2, -0.15) is 0 Å². The molecule has 1 spiro atoms. The number of ether oxygens (including phenoxy) is 2. The lowest BCUT2D eigenvalue weighted by molar-refractivity contribution is -0.382. The van der Waals surface area contributed by atoms with Crippen molar-refractivity contribution >= 4 is 22.3 Å². The van der Waals surface area contributed by atoms with E-state index in [4.69, 9.17) is 9.47 Å². The number of rotatable bonds is 2. The zero-order valence-corrected chi connectivity index (χ0v) is 12.6. The summed E-state index contributed by atoms with van der Waals surface area (Å²) < 4.78 is 11.4. The third-order valence-corrected chi connectivity index (χ3v) is 4.60. The van der Waals surface area contributed by atoms with Crippen molar-refractivity contribution in [3.63, 3.8) is 0 Å². The van der Waals surface area contributed by atoms with Gasteiger partial charge in [0.1, 0.15) is 5.69 Å². The summed E-state index contributed by atoms with van der Waals surface area (Å²) in [6, 6.07) is 7.11. The van der Waals surface area contributed by atoms with Crippen molar-refractivity contribution in [2.75, 3.05) is 31.2 Å². The molecule has 7 heteroatoms. The van der Waals surface area contributed by atoms with E-state index in [1.807, 2.05) is 11.0 Å². The quantitative estimate of drug-likeness (QED) is 0.626. The maximum Gasteiger partial charge on any atom is 0.301 e. The lowest BCUT2D eigenvalue weighted by atomic mass is 10.0. The van der Waals surface area contributed by atoms with Crippen LogP contribution in [0.5, 0.6) is 0 Å². The summed E-state index contributed by atoms with van der Waals surface area (Å²) in [7, 11) is 0. The summed E-state index contributed by atoms with van der Waals surface area (Å²) in [4.78, 5) is 17.6. The van der Waals surface area contributed by atoms with Crippen molar-refractivity contribution in [3.05, 3.63) is 40.6 Å². The molecule has 2 saturated heterocycles. The van der Waals surface area contributed by atoms with E-state index < -0.39 is 5.79 Å². The van der Waals surface area contributed by atoms with Crippen LogP contribution in [-0.4, -0.2) is 42.0 Å². The van der Waals surface area contributed by atoms with Crippen LogP contribution in [0, 0.1) is 10.1 Å². The molecule has 0 unspecified atom stereocenters. The monoisotopic (exact) mass is 315 g/mol. The topological polar surface area (TPSA) is 77.7 Å². The average Bonchev–Trinajstić information content (AvgIpc) is 3.02. The summed E-state index contributed by atoms with van der Waals surface area (Å²) in [6.45, 7) is 2.60. The summed E-state index contributed by atoms with van der Waals surface area (Å²) in [5, 5.41) is 12.2. The van der Waals surface area contributed by atoms with Crippen LogP contribution in [0.1, 0.15) is 12.8 Å². The first-order valence-corrected chi connectivity index (χ1v) is 7.74. The third-order valence-electron chi connectivity index (χ3n) is 4.60. The maximum absolute atomic E-state index is 11.6. The normalized spacial score (nSPS) is 20.3. The molecular formula is C16H17N3O4. The molecule has 0 saturated carbocycles. The van der Waals surface area contributed by atoms with Gasteiger partial charge in [0.25, 0.3) is 0 Å². The highest BCUT2D eigenvalue weighted by atomic mass is 16.7. The molecule has 4 rings (SSSR count). The van der Waals surface area contributed by atoms with Gasteiger partial charge in [-0.1, -0.05) is 0 Å². The van der Waals surface area contributed by atoms with Crippen LogP contribution < -0.4 is 4.90 Å². The van der Waals surface area contributed by atoms with Gasteiger partial charge in [-0.3, -0.25) is 15.1 Å². The van der Waals surface area contributed by atoms with Crippen LogP contribution in [-0.2, 0) is 9.47 Å². The molecule has 0 amide bonds. The lowest BCUT2D eigenvalue weighted by Gasteiger charge is -2.38. The minimum absolute atomic E-state index is 0.125. The van der Waals surface area contributed by atoms with E-state index in [1.54, 1.807) is 24.4 Å². The number of hydrogen-bond donors (Lipinski definition) is 0. The Bertz CT molecular complexity index is 748. The van der Waals surface area contributed by atoms with Gasteiger partial charge in [-0.15, -0.1) is 0 Å². The van der Waals surface area contributed by atoms with Crippen molar-refractivity contribution in [1.29, 1.82) is 0 Å². The van der Waals surface area contributed by atoms with E-state index in [1.165, 1.54) is 0 Å². The zero-order chi connectivity index (χ0) is 15.9. The second-order valence-electron chi connectivity index (χ2n) is 5.86. The van der Waals surface area contributed by atoms with Gasteiger partial charge in [-0.05, 0) is 24.3 Å². The molecule has 2 aliphatic rings. The SMILES string of the molecule is O=[N+]([O-])c1c(N2CCC3(CC2)OCCO3)ccc2ncccc12. The lowest BCUT2D eigenvalue weighted by Crippen LogP contribution is -2.45. The predicted octanol–water partition coefficient (Wildman–Crippen LogP) is 2.49. The van der Waals surface area contributed by atoms with Gasteiger partial charge in [0.15, 0.2) is 5.79 Å². The summed E-state index contributed by atoms with van der Waals surface area (Å²) in [5.41, 5.74) is 1.40. The fraction of sp³-hybridized carbons (Fsp3) is 0.438. The van der Waals surface area contributed by atoms with Gasteiger partial charge >= 0.3 is 5.69 Å². The van der Waals surface area contributed by atoms with Crippen LogP contribution in [0.2, 0.25) is 0 Å². The van der Waals surface area contributed by atoms with Gasteiger partial charge in [0.2, 0.25) is 0 Å². The number of nitro groups is 1. The molecule has 0 aliphatic carbocycles. The molecule has 7 nitrogen and oxygen atoms in total. The van der Waals surface area contributed by atoms with E-state index in [2.05, 4.69) is 4.98 Å². The van der Waals surface area contributed by atoms with E-state index in [0.717, 1.165) is 12.8 Å². The smallest absolute Gasteiger partial charge is 0.301 e. The molecule has 23 heavy (non-hydrogen) atoms. The van der Waals surface area contributed by atoms with Crippen molar-refractivity contribution in [3.8, 4) is 0 Å². The predicted molar refractivity (Wildman–Crippen MR) is 84.5 cm³/mol. The highest BCUT2D eigenvalue weighted by molar-refractivity contribution is 5.94. The van der Waals surface area contributed by atoms with E-state index >= 15 is 0 Å². The standard InChI is InChI=1S/C16H17N3O4/c20-19(21)15-12-2-1-7-17-13(12)3-4-14(15)18-8-5-16(6-9-18)22-10-11-23-16/h1-4,7H,5-6,8-11H2. The van der Waals surface area contributed by atoms with Gasteiger partial charge in [0.05, 0.1) is 29.0 Å². The molecule has 2 aliphatic heterocycles. The molecule has 120 valence electrons. The van der Waals surface area contributed by atoms with Crippen LogP contribution in [0.4, 0.5) is 11.4 Å². The minimum atomic E-state index is -0.482. The molecule has 0 radical (unpaired) electrons. The number of piperidine rings is 1. The Balaban J connectivity index is 1.69. The molecular weight excluding hydrogens is 298 g/mol. The first-order valence-electron chi connectivity index (χ1n) is 7.74. The molecule has 2 aromatic rings. The molecule has 0 atom stereocenters. The highest BCUT2D eigenvalue weighted by Gasteiger charge is 2.40. The summed E-state index contributed by atoms with van der Waals surface area (Å²) in [5.74, 6) is -0.482. The second-order valence-corrected chi connectivity index (χ2v) is 5.86. The van der Waals surface area contributed by atoms with Crippen molar-refractivity contribution in [2.24, 2.45) is 0 Å². The number of anilines is 1. The van der Waals surface area contributed by atoms with Crippen LogP contribution in [0.3, 0.4) is 0 Å². The number of hydrogen-bond acceptors (Lipinski definition) is 6. The van der Waals surface area contributed by atoms with Crippen molar-refractivity contribution in [1.82, 2.24) is 4.98 Å². The number of fused-ring (bicyclic) bond motifs is 1. The van der Waals surface area contributed by atoms with Gasteiger partial charge < -0.3 is 14.4 Å². The Morgan fingerprint density at radius 2 is 1.91 bits per heavy atom. The Hall–Kier alpha value is -2.25.